The van der Waals surface area contributed by atoms with Gasteiger partial charge in [0.1, 0.15) is 12.1 Å². The Morgan fingerprint density at radius 3 is 2.68 bits per heavy atom. The fourth-order valence-electron chi connectivity index (χ4n) is 4.25. The number of rotatable bonds is 4. The quantitative estimate of drug-likeness (QED) is 0.619. The molecular formula is C23H24N4S. The molecule has 5 rings (SSSR count). The van der Waals surface area contributed by atoms with E-state index < -0.39 is 0 Å². The van der Waals surface area contributed by atoms with Gasteiger partial charge in [0, 0.05) is 35.6 Å². The minimum atomic E-state index is 0.0251. The van der Waals surface area contributed by atoms with E-state index in [1.165, 1.54) is 22.1 Å². The third-order valence-corrected chi connectivity index (χ3v) is 6.85. The van der Waals surface area contributed by atoms with Crippen LogP contribution >= 0.6 is 11.8 Å². The zero-order chi connectivity index (χ0) is 19.1. The first-order valence-corrected chi connectivity index (χ1v) is 10.9. The van der Waals surface area contributed by atoms with E-state index >= 15 is 0 Å². The molecule has 1 aromatic carbocycles. The van der Waals surface area contributed by atoms with Gasteiger partial charge in [-0.1, -0.05) is 42.4 Å². The molecule has 4 nitrogen and oxygen atoms in total. The first kappa shape index (κ1) is 17.6. The van der Waals surface area contributed by atoms with Gasteiger partial charge in [-0.3, -0.25) is 9.98 Å². The molecule has 28 heavy (non-hydrogen) atoms. The maximum Gasteiger partial charge on any atom is 0.160 e. The van der Waals surface area contributed by atoms with Crippen LogP contribution in [0.15, 0.2) is 72.0 Å². The lowest BCUT2D eigenvalue weighted by atomic mass is 9.99. The highest BCUT2D eigenvalue weighted by Gasteiger charge is 2.46. The highest BCUT2D eigenvalue weighted by atomic mass is 32.2. The number of nitrogens with zero attached hydrogens (tertiary/aromatic N) is 4. The van der Waals surface area contributed by atoms with Gasteiger partial charge in [0.15, 0.2) is 5.17 Å². The van der Waals surface area contributed by atoms with Crippen molar-refractivity contribution in [2.75, 3.05) is 5.75 Å². The molecule has 0 N–H and O–H groups in total. The van der Waals surface area contributed by atoms with Crippen LogP contribution in [0, 0.1) is 6.92 Å². The van der Waals surface area contributed by atoms with Crippen LogP contribution in [0.5, 0.6) is 0 Å². The number of fused-ring (bicyclic) bond motifs is 1. The van der Waals surface area contributed by atoms with Gasteiger partial charge in [-0.2, -0.15) is 0 Å². The SMILES string of the molecule is CC[C@H]1CSC2=N[C@H](c3ccccn3)[C@@H](c3cccn3-c3ccc(C)cc3)N21. The highest BCUT2D eigenvalue weighted by Crippen LogP contribution is 2.48. The first-order valence-electron chi connectivity index (χ1n) is 9.90. The van der Waals surface area contributed by atoms with Crippen LogP contribution in [-0.4, -0.2) is 31.4 Å². The Morgan fingerprint density at radius 1 is 1.07 bits per heavy atom. The van der Waals surface area contributed by atoms with Crippen LogP contribution in [0.1, 0.15) is 42.4 Å². The van der Waals surface area contributed by atoms with Crippen molar-refractivity contribution >= 4 is 16.9 Å². The molecule has 0 unspecified atom stereocenters. The summed E-state index contributed by atoms with van der Waals surface area (Å²) in [7, 11) is 0. The number of hydrogen-bond donors (Lipinski definition) is 0. The molecule has 1 saturated heterocycles. The Bertz CT molecular complexity index is 993. The van der Waals surface area contributed by atoms with E-state index in [-0.39, 0.29) is 12.1 Å². The van der Waals surface area contributed by atoms with Crippen LogP contribution in [0.4, 0.5) is 0 Å². The number of aryl methyl sites for hydroxylation is 1. The Morgan fingerprint density at radius 2 is 1.93 bits per heavy atom. The van der Waals surface area contributed by atoms with E-state index in [0.717, 1.165) is 17.9 Å². The lowest BCUT2D eigenvalue weighted by molar-refractivity contribution is 0.249. The number of benzene rings is 1. The molecule has 3 atom stereocenters. The zero-order valence-electron chi connectivity index (χ0n) is 16.2. The number of aliphatic imine (C=N–C) groups is 1. The second-order valence-electron chi connectivity index (χ2n) is 7.47. The molecule has 5 heteroatoms. The van der Waals surface area contributed by atoms with Crippen molar-refractivity contribution in [1.29, 1.82) is 0 Å². The number of thioether (sulfide) groups is 1. The minimum absolute atomic E-state index is 0.0251. The van der Waals surface area contributed by atoms with Gasteiger partial charge < -0.3 is 9.47 Å². The Balaban J connectivity index is 1.62. The Kier molecular flexibility index (Phi) is 4.47. The highest BCUT2D eigenvalue weighted by molar-refractivity contribution is 8.14. The number of aromatic nitrogens is 2. The van der Waals surface area contributed by atoms with Crippen molar-refractivity contribution in [2.24, 2.45) is 4.99 Å². The molecule has 1 fully saturated rings. The summed E-state index contributed by atoms with van der Waals surface area (Å²) in [6.07, 6.45) is 5.17. The predicted molar refractivity (Wildman–Crippen MR) is 116 cm³/mol. The number of pyridine rings is 1. The molecule has 0 radical (unpaired) electrons. The van der Waals surface area contributed by atoms with Crippen molar-refractivity contribution in [1.82, 2.24) is 14.5 Å². The predicted octanol–water partition coefficient (Wildman–Crippen LogP) is 5.16. The van der Waals surface area contributed by atoms with E-state index in [1.54, 1.807) is 0 Å². The Labute approximate surface area is 170 Å². The van der Waals surface area contributed by atoms with Crippen LogP contribution < -0.4 is 0 Å². The zero-order valence-corrected chi connectivity index (χ0v) is 17.0. The van der Waals surface area contributed by atoms with Crippen LogP contribution in [0.2, 0.25) is 0 Å². The second-order valence-corrected chi connectivity index (χ2v) is 8.46. The second kappa shape index (κ2) is 7.13. The van der Waals surface area contributed by atoms with E-state index in [1.807, 2.05) is 24.0 Å². The molecule has 3 aromatic rings. The summed E-state index contributed by atoms with van der Waals surface area (Å²) in [6, 6.07) is 20.0. The molecule has 0 bridgehead atoms. The molecule has 2 aliphatic rings. The molecule has 2 aliphatic heterocycles. The summed E-state index contributed by atoms with van der Waals surface area (Å²) in [5, 5.41) is 1.17. The van der Waals surface area contributed by atoms with E-state index in [4.69, 9.17) is 4.99 Å². The molecule has 0 amide bonds. The fraction of sp³-hybridized carbons (Fsp3) is 0.304. The van der Waals surface area contributed by atoms with Gasteiger partial charge in [0.05, 0.1) is 5.69 Å². The molecule has 0 spiro atoms. The lowest BCUT2D eigenvalue weighted by Gasteiger charge is -2.32. The summed E-state index contributed by atoms with van der Waals surface area (Å²) < 4.78 is 2.31. The van der Waals surface area contributed by atoms with Gasteiger partial charge >= 0.3 is 0 Å². The standard InChI is InChI=1S/C23H24N4S/c1-3-17-15-28-23-25-21(19-7-4-5-13-24-19)22(27(17)23)20-8-6-14-26(20)18-11-9-16(2)10-12-18/h4-14,17,21-22H,3,15H2,1-2H3/t17-,21+,22+/m0/s1. The van der Waals surface area contributed by atoms with E-state index in [9.17, 15) is 0 Å². The molecular weight excluding hydrogens is 364 g/mol. The van der Waals surface area contributed by atoms with Crippen molar-refractivity contribution in [3.8, 4) is 5.69 Å². The fourth-order valence-corrected chi connectivity index (χ4v) is 5.58. The molecule has 2 aromatic heterocycles. The maximum atomic E-state index is 5.13. The first-order chi connectivity index (χ1) is 13.8. The number of amidine groups is 1. The third-order valence-electron chi connectivity index (χ3n) is 5.72. The Hall–Kier alpha value is -2.53. The van der Waals surface area contributed by atoms with Crippen molar-refractivity contribution in [3.63, 3.8) is 0 Å². The summed E-state index contributed by atoms with van der Waals surface area (Å²) >= 11 is 1.89. The van der Waals surface area contributed by atoms with E-state index in [2.05, 4.69) is 83.0 Å². The molecule has 4 heterocycles. The molecule has 142 valence electrons. The summed E-state index contributed by atoms with van der Waals surface area (Å²) in [5.41, 5.74) is 4.79. The van der Waals surface area contributed by atoms with Crippen molar-refractivity contribution < 1.29 is 0 Å². The minimum Gasteiger partial charge on any atom is -0.337 e. The monoisotopic (exact) mass is 388 g/mol. The smallest absolute Gasteiger partial charge is 0.160 e. The van der Waals surface area contributed by atoms with Gasteiger partial charge in [0.2, 0.25) is 0 Å². The van der Waals surface area contributed by atoms with Crippen LogP contribution in [0.25, 0.3) is 5.69 Å². The average Bonchev–Trinajstić information content (AvgIpc) is 3.44. The maximum absolute atomic E-state index is 5.13. The largest absolute Gasteiger partial charge is 0.337 e. The average molecular weight is 389 g/mol. The van der Waals surface area contributed by atoms with Gasteiger partial charge in [-0.25, -0.2) is 0 Å². The summed E-state index contributed by atoms with van der Waals surface area (Å²) in [6.45, 7) is 4.40. The third kappa shape index (κ3) is 2.85. The van der Waals surface area contributed by atoms with Gasteiger partial charge in [0.25, 0.3) is 0 Å². The number of hydrogen-bond acceptors (Lipinski definition) is 4. The van der Waals surface area contributed by atoms with Gasteiger partial charge in [-0.15, -0.1) is 0 Å². The summed E-state index contributed by atoms with van der Waals surface area (Å²) in [5.74, 6) is 1.12. The molecule has 0 aliphatic carbocycles. The normalized spacial score (nSPS) is 23.7. The molecule has 0 saturated carbocycles. The topological polar surface area (TPSA) is 33.4 Å². The van der Waals surface area contributed by atoms with E-state index in [0.29, 0.717) is 6.04 Å². The van der Waals surface area contributed by atoms with Crippen molar-refractivity contribution in [3.05, 3.63) is 83.9 Å². The van der Waals surface area contributed by atoms with Gasteiger partial charge in [-0.05, 0) is 49.7 Å². The van der Waals surface area contributed by atoms with Crippen LogP contribution in [0.3, 0.4) is 0 Å². The van der Waals surface area contributed by atoms with Crippen molar-refractivity contribution in [2.45, 2.75) is 38.4 Å². The summed E-state index contributed by atoms with van der Waals surface area (Å²) in [4.78, 5) is 12.3. The van der Waals surface area contributed by atoms with Crippen LogP contribution in [-0.2, 0) is 0 Å². The lowest BCUT2D eigenvalue weighted by Crippen LogP contribution is -2.36.